The Bertz CT molecular complexity index is 701. The van der Waals surface area contributed by atoms with Crippen LogP contribution in [0.1, 0.15) is 15.9 Å². The van der Waals surface area contributed by atoms with Gasteiger partial charge in [0, 0.05) is 11.4 Å². The molecule has 2 rings (SSSR count). The smallest absolute Gasteiger partial charge is 0.307 e. The van der Waals surface area contributed by atoms with Crippen molar-refractivity contribution in [2.75, 3.05) is 11.1 Å². The Morgan fingerprint density at radius 2 is 1.95 bits per heavy atom. The number of halogens is 1. The first kappa shape index (κ1) is 14.5. The maximum absolute atomic E-state index is 13.6. The maximum Gasteiger partial charge on any atom is 0.307 e. The Labute approximate surface area is 120 Å². The lowest BCUT2D eigenvalue weighted by atomic mass is 10.1. The monoisotopic (exact) mass is 288 g/mol. The van der Waals surface area contributed by atoms with Gasteiger partial charge in [-0.2, -0.15) is 0 Å². The van der Waals surface area contributed by atoms with Gasteiger partial charge in [-0.15, -0.1) is 0 Å². The van der Waals surface area contributed by atoms with E-state index >= 15 is 0 Å². The summed E-state index contributed by atoms with van der Waals surface area (Å²) in [4.78, 5) is 22.6. The van der Waals surface area contributed by atoms with E-state index in [0.29, 0.717) is 11.3 Å². The summed E-state index contributed by atoms with van der Waals surface area (Å²) in [5, 5.41) is 11.3. The van der Waals surface area contributed by atoms with Gasteiger partial charge in [-0.25, -0.2) is 4.39 Å². The molecule has 0 heterocycles. The SMILES string of the molecule is Nc1ccc(C(=O)Nc2cccc(CC(=O)O)c2)c(F)c1. The van der Waals surface area contributed by atoms with Crippen LogP contribution < -0.4 is 11.1 Å². The number of aliphatic carboxylic acids is 1. The van der Waals surface area contributed by atoms with Crippen molar-refractivity contribution < 1.29 is 19.1 Å². The van der Waals surface area contributed by atoms with Crippen molar-refractivity contribution in [3.05, 3.63) is 59.4 Å². The van der Waals surface area contributed by atoms with Gasteiger partial charge in [0.15, 0.2) is 0 Å². The second-order valence-electron chi connectivity index (χ2n) is 4.46. The molecule has 2 aromatic rings. The molecule has 2 aromatic carbocycles. The number of anilines is 2. The van der Waals surface area contributed by atoms with Gasteiger partial charge in [0.05, 0.1) is 12.0 Å². The predicted molar refractivity (Wildman–Crippen MR) is 76.5 cm³/mol. The number of carbonyl (C=O) groups is 2. The van der Waals surface area contributed by atoms with Gasteiger partial charge < -0.3 is 16.2 Å². The molecule has 6 heteroatoms. The van der Waals surface area contributed by atoms with Crippen molar-refractivity contribution in [1.82, 2.24) is 0 Å². The van der Waals surface area contributed by atoms with Crippen molar-refractivity contribution in [3.63, 3.8) is 0 Å². The van der Waals surface area contributed by atoms with Crippen LogP contribution in [0.15, 0.2) is 42.5 Å². The lowest BCUT2D eigenvalue weighted by Crippen LogP contribution is -2.14. The third-order valence-corrected chi connectivity index (χ3v) is 2.78. The van der Waals surface area contributed by atoms with Gasteiger partial charge in [0.2, 0.25) is 0 Å². The highest BCUT2D eigenvalue weighted by Crippen LogP contribution is 2.16. The number of benzene rings is 2. The van der Waals surface area contributed by atoms with Crippen LogP contribution in [0.25, 0.3) is 0 Å². The number of carboxylic acid groups (broad SMARTS) is 1. The lowest BCUT2D eigenvalue weighted by molar-refractivity contribution is -0.136. The van der Waals surface area contributed by atoms with Crippen LogP contribution in [0.2, 0.25) is 0 Å². The van der Waals surface area contributed by atoms with E-state index in [4.69, 9.17) is 10.8 Å². The molecule has 0 saturated carbocycles. The average molecular weight is 288 g/mol. The van der Waals surface area contributed by atoms with E-state index in [1.165, 1.54) is 18.2 Å². The van der Waals surface area contributed by atoms with Crippen LogP contribution in [0, 0.1) is 5.82 Å². The molecule has 0 aliphatic carbocycles. The van der Waals surface area contributed by atoms with Crippen molar-refractivity contribution in [3.8, 4) is 0 Å². The first-order chi connectivity index (χ1) is 9.95. The van der Waals surface area contributed by atoms with E-state index in [1.807, 2.05) is 0 Å². The van der Waals surface area contributed by atoms with E-state index in [1.54, 1.807) is 18.2 Å². The van der Waals surface area contributed by atoms with Crippen LogP contribution in [-0.4, -0.2) is 17.0 Å². The molecule has 0 spiro atoms. The second kappa shape index (κ2) is 6.04. The van der Waals surface area contributed by atoms with Crippen molar-refractivity contribution in [2.45, 2.75) is 6.42 Å². The number of hydrogen-bond donors (Lipinski definition) is 3. The summed E-state index contributed by atoms with van der Waals surface area (Å²) in [5.74, 6) is -2.31. The predicted octanol–water partition coefficient (Wildman–Crippen LogP) is 2.29. The zero-order valence-electron chi connectivity index (χ0n) is 11.0. The zero-order chi connectivity index (χ0) is 15.4. The second-order valence-corrected chi connectivity index (χ2v) is 4.46. The van der Waals surface area contributed by atoms with E-state index in [-0.39, 0.29) is 17.7 Å². The van der Waals surface area contributed by atoms with Crippen molar-refractivity contribution >= 4 is 23.3 Å². The molecular formula is C15H13FN2O3. The summed E-state index contributed by atoms with van der Waals surface area (Å²) in [7, 11) is 0. The maximum atomic E-state index is 13.6. The Morgan fingerprint density at radius 1 is 1.19 bits per heavy atom. The third-order valence-electron chi connectivity index (χ3n) is 2.78. The topological polar surface area (TPSA) is 92.4 Å². The number of hydrogen-bond acceptors (Lipinski definition) is 3. The summed E-state index contributed by atoms with van der Waals surface area (Å²) in [6.45, 7) is 0. The minimum atomic E-state index is -0.969. The molecule has 0 radical (unpaired) electrons. The minimum absolute atomic E-state index is 0.132. The van der Waals surface area contributed by atoms with E-state index in [9.17, 15) is 14.0 Å². The Morgan fingerprint density at radius 3 is 2.62 bits per heavy atom. The largest absolute Gasteiger partial charge is 0.481 e. The highest BCUT2D eigenvalue weighted by molar-refractivity contribution is 6.04. The zero-order valence-corrected chi connectivity index (χ0v) is 11.0. The van der Waals surface area contributed by atoms with Gasteiger partial charge in [-0.3, -0.25) is 9.59 Å². The van der Waals surface area contributed by atoms with Crippen LogP contribution in [0.4, 0.5) is 15.8 Å². The van der Waals surface area contributed by atoms with Crippen LogP contribution >= 0.6 is 0 Å². The standard InChI is InChI=1S/C15H13FN2O3/c16-13-8-10(17)4-5-12(13)15(21)18-11-3-1-2-9(6-11)7-14(19)20/h1-6,8H,7,17H2,(H,18,21)(H,19,20). The fraction of sp³-hybridized carbons (Fsp3) is 0.0667. The van der Waals surface area contributed by atoms with E-state index in [2.05, 4.69) is 5.32 Å². The number of carbonyl (C=O) groups excluding carboxylic acids is 1. The van der Waals surface area contributed by atoms with Crippen LogP contribution in [0.5, 0.6) is 0 Å². The highest BCUT2D eigenvalue weighted by atomic mass is 19.1. The number of nitrogens with one attached hydrogen (secondary N) is 1. The first-order valence-corrected chi connectivity index (χ1v) is 6.13. The number of rotatable bonds is 4. The molecule has 0 saturated heterocycles. The molecular weight excluding hydrogens is 275 g/mol. The minimum Gasteiger partial charge on any atom is -0.481 e. The molecule has 0 aromatic heterocycles. The van der Waals surface area contributed by atoms with E-state index in [0.717, 1.165) is 6.07 Å². The first-order valence-electron chi connectivity index (χ1n) is 6.13. The van der Waals surface area contributed by atoms with Crippen LogP contribution in [-0.2, 0) is 11.2 Å². The molecule has 108 valence electrons. The van der Waals surface area contributed by atoms with Crippen molar-refractivity contribution in [2.24, 2.45) is 0 Å². The number of carboxylic acids is 1. The lowest BCUT2D eigenvalue weighted by Gasteiger charge is -2.08. The summed E-state index contributed by atoms with van der Waals surface area (Å²) < 4.78 is 13.6. The summed E-state index contributed by atoms with van der Waals surface area (Å²) in [5.41, 5.74) is 6.45. The molecule has 1 amide bonds. The molecule has 4 N–H and O–H groups in total. The number of nitrogens with two attached hydrogens (primary N) is 1. The molecule has 5 nitrogen and oxygen atoms in total. The molecule has 0 aliphatic heterocycles. The molecule has 0 atom stereocenters. The molecule has 21 heavy (non-hydrogen) atoms. The summed E-state index contributed by atoms with van der Waals surface area (Å²) in [6, 6.07) is 10.2. The molecule has 0 aliphatic rings. The van der Waals surface area contributed by atoms with Gasteiger partial charge in [-0.1, -0.05) is 12.1 Å². The van der Waals surface area contributed by atoms with E-state index < -0.39 is 17.7 Å². The Hall–Kier alpha value is -2.89. The van der Waals surface area contributed by atoms with Gasteiger partial charge in [0.1, 0.15) is 5.82 Å². The van der Waals surface area contributed by atoms with Gasteiger partial charge in [0.25, 0.3) is 5.91 Å². The average Bonchev–Trinajstić information content (AvgIpc) is 2.37. The number of nitrogen functional groups attached to an aromatic ring is 1. The highest BCUT2D eigenvalue weighted by Gasteiger charge is 2.12. The van der Waals surface area contributed by atoms with Gasteiger partial charge in [-0.05, 0) is 35.9 Å². The third kappa shape index (κ3) is 3.79. The van der Waals surface area contributed by atoms with Crippen molar-refractivity contribution in [1.29, 1.82) is 0 Å². The number of amides is 1. The summed E-state index contributed by atoms with van der Waals surface area (Å²) >= 11 is 0. The molecule has 0 fully saturated rings. The summed E-state index contributed by atoms with van der Waals surface area (Å²) in [6.07, 6.45) is -0.153. The Kier molecular flexibility index (Phi) is 4.18. The van der Waals surface area contributed by atoms with Crippen LogP contribution in [0.3, 0.4) is 0 Å². The normalized spacial score (nSPS) is 10.1. The molecule has 0 unspecified atom stereocenters. The quantitative estimate of drug-likeness (QED) is 0.752. The fourth-order valence-electron chi connectivity index (χ4n) is 1.85. The Balaban J connectivity index is 2.17. The van der Waals surface area contributed by atoms with Gasteiger partial charge >= 0.3 is 5.97 Å². The fourth-order valence-corrected chi connectivity index (χ4v) is 1.85. The molecule has 0 bridgehead atoms.